The number of urea groups is 1. The number of carbonyl (C=O) groups excluding carboxylic acids is 6. The first-order valence-corrected chi connectivity index (χ1v) is 11.5. The third kappa shape index (κ3) is 10.0. The topological polar surface area (TPSA) is 168 Å². The number of amides is 6. The molecule has 1 heterocycles. The van der Waals surface area contributed by atoms with E-state index in [2.05, 4.69) is 16.0 Å². The van der Waals surface area contributed by atoms with Crippen LogP contribution in [0, 0.1) is 11.8 Å². The maximum Gasteiger partial charge on any atom is 0.312 e. The average Bonchev–Trinajstić information content (AvgIpc) is 2.98. The van der Waals surface area contributed by atoms with E-state index in [1.807, 2.05) is 0 Å². The zero-order valence-corrected chi connectivity index (χ0v) is 19.7. The van der Waals surface area contributed by atoms with Gasteiger partial charge in [-0.05, 0) is 31.6 Å². The van der Waals surface area contributed by atoms with Gasteiger partial charge in [-0.2, -0.15) is 0 Å². The highest BCUT2D eigenvalue weighted by Crippen LogP contribution is 2.19. The SMILES string of the molecule is CC1CC(=O)N(CCCCCC(=O)N[C@H](C(=O)N[C@H](C=O)CCCNC(N)=O)C(C)C)C1=O. The highest BCUT2D eigenvalue weighted by molar-refractivity contribution is 6.03. The maximum atomic E-state index is 12.6. The van der Waals surface area contributed by atoms with E-state index in [1.165, 1.54) is 4.90 Å². The molecule has 11 heteroatoms. The van der Waals surface area contributed by atoms with Crippen molar-refractivity contribution in [1.82, 2.24) is 20.9 Å². The Labute approximate surface area is 194 Å². The summed E-state index contributed by atoms with van der Waals surface area (Å²) in [5, 5.41) is 7.76. The van der Waals surface area contributed by atoms with Crippen molar-refractivity contribution in [2.45, 2.75) is 77.8 Å². The maximum absolute atomic E-state index is 12.6. The molecule has 1 unspecified atom stereocenters. The summed E-state index contributed by atoms with van der Waals surface area (Å²) >= 11 is 0. The summed E-state index contributed by atoms with van der Waals surface area (Å²) in [7, 11) is 0. The summed E-state index contributed by atoms with van der Waals surface area (Å²) in [6.07, 6.45) is 3.74. The van der Waals surface area contributed by atoms with Crippen LogP contribution in [0.3, 0.4) is 0 Å². The van der Waals surface area contributed by atoms with Crippen LogP contribution in [0.4, 0.5) is 4.79 Å². The van der Waals surface area contributed by atoms with Gasteiger partial charge in [-0.15, -0.1) is 0 Å². The standard InChI is InChI=1S/C22H37N5O6/c1-14(2)19(20(31)25-16(13-28)8-7-10-24-22(23)33)26-17(29)9-5-4-6-11-27-18(30)12-15(3)21(27)32/h13-16,19H,4-12H2,1-3H3,(H,25,31)(H,26,29)(H3,23,24,33)/t15?,16-,19-/m0/s1. The molecule has 5 N–H and O–H groups in total. The number of nitrogens with two attached hydrogens (primary N) is 1. The first kappa shape index (κ1) is 28.1. The Morgan fingerprint density at radius 1 is 1.12 bits per heavy atom. The molecule has 1 saturated heterocycles. The highest BCUT2D eigenvalue weighted by atomic mass is 16.2. The van der Waals surface area contributed by atoms with Gasteiger partial charge in [0, 0.05) is 31.8 Å². The van der Waals surface area contributed by atoms with E-state index in [-0.39, 0.29) is 42.4 Å². The zero-order valence-electron chi connectivity index (χ0n) is 19.7. The van der Waals surface area contributed by atoms with Crippen molar-refractivity contribution in [2.24, 2.45) is 17.6 Å². The van der Waals surface area contributed by atoms with Gasteiger partial charge in [0.05, 0.1) is 6.04 Å². The molecule has 0 aromatic rings. The summed E-state index contributed by atoms with van der Waals surface area (Å²) in [6.45, 7) is 5.98. The number of imide groups is 1. The first-order valence-electron chi connectivity index (χ1n) is 11.5. The average molecular weight is 468 g/mol. The molecule has 1 fully saturated rings. The van der Waals surface area contributed by atoms with E-state index in [9.17, 15) is 28.8 Å². The summed E-state index contributed by atoms with van der Waals surface area (Å²) in [6, 6.07) is -2.18. The van der Waals surface area contributed by atoms with Gasteiger partial charge in [0.15, 0.2) is 0 Å². The molecular weight excluding hydrogens is 430 g/mol. The van der Waals surface area contributed by atoms with Crippen LogP contribution in [0.15, 0.2) is 0 Å². The third-order valence-corrected chi connectivity index (χ3v) is 5.50. The Kier molecular flexibility index (Phi) is 12.1. The van der Waals surface area contributed by atoms with Gasteiger partial charge >= 0.3 is 6.03 Å². The molecule has 1 rings (SSSR count). The van der Waals surface area contributed by atoms with Gasteiger partial charge in [-0.25, -0.2) is 4.79 Å². The Morgan fingerprint density at radius 3 is 2.36 bits per heavy atom. The molecule has 0 aromatic carbocycles. The molecule has 0 radical (unpaired) electrons. The number of likely N-dealkylation sites (tertiary alicyclic amines) is 1. The minimum Gasteiger partial charge on any atom is -0.352 e. The van der Waals surface area contributed by atoms with Crippen LogP contribution in [0.1, 0.15) is 65.7 Å². The highest BCUT2D eigenvalue weighted by Gasteiger charge is 2.34. The largest absolute Gasteiger partial charge is 0.352 e. The summed E-state index contributed by atoms with van der Waals surface area (Å²) in [5.41, 5.74) is 4.98. The van der Waals surface area contributed by atoms with Gasteiger partial charge < -0.3 is 26.5 Å². The van der Waals surface area contributed by atoms with Gasteiger partial charge in [0.2, 0.25) is 23.6 Å². The summed E-state index contributed by atoms with van der Waals surface area (Å²) < 4.78 is 0. The summed E-state index contributed by atoms with van der Waals surface area (Å²) in [4.78, 5) is 71.8. The quantitative estimate of drug-likeness (QED) is 0.153. The van der Waals surface area contributed by atoms with E-state index < -0.39 is 24.0 Å². The lowest BCUT2D eigenvalue weighted by Gasteiger charge is -2.23. The molecule has 0 bridgehead atoms. The lowest BCUT2D eigenvalue weighted by Crippen LogP contribution is -2.52. The monoisotopic (exact) mass is 467 g/mol. The van der Waals surface area contributed by atoms with Crippen LogP contribution < -0.4 is 21.7 Å². The van der Waals surface area contributed by atoms with Crippen molar-refractivity contribution in [2.75, 3.05) is 13.1 Å². The minimum atomic E-state index is -0.787. The molecule has 186 valence electrons. The number of carbonyl (C=O) groups is 6. The van der Waals surface area contributed by atoms with Crippen LogP contribution in [0.25, 0.3) is 0 Å². The number of nitrogens with one attached hydrogen (secondary N) is 3. The number of hydrogen-bond acceptors (Lipinski definition) is 6. The molecule has 3 atom stereocenters. The Bertz CT molecular complexity index is 726. The van der Waals surface area contributed by atoms with Crippen LogP contribution in [-0.2, 0) is 24.0 Å². The van der Waals surface area contributed by atoms with Crippen molar-refractivity contribution in [3.8, 4) is 0 Å². The molecule has 0 aromatic heterocycles. The van der Waals surface area contributed by atoms with Crippen molar-refractivity contribution < 1.29 is 28.8 Å². The molecule has 0 aliphatic carbocycles. The second-order valence-electron chi connectivity index (χ2n) is 8.77. The normalized spacial score (nSPS) is 17.6. The number of nitrogens with zero attached hydrogens (tertiary/aromatic N) is 1. The fourth-order valence-corrected chi connectivity index (χ4v) is 3.58. The molecule has 6 amide bonds. The van der Waals surface area contributed by atoms with E-state index in [0.29, 0.717) is 51.5 Å². The minimum absolute atomic E-state index is 0.138. The van der Waals surface area contributed by atoms with Crippen LogP contribution in [0.5, 0.6) is 0 Å². The van der Waals surface area contributed by atoms with Crippen LogP contribution >= 0.6 is 0 Å². The number of aldehydes is 1. The van der Waals surface area contributed by atoms with Gasteiger partial charge in [-0.1, -0.05) is 27.2 Å². The van der Waals surface area contributed by atoms with Gasteiger partial charge in [0.1, 0.15) is 12.3 Å². The first-order chi connectivity index (χ1) is 15.6. The van der Waals surface area contributed by atoms with E-state index in [4.69, 9.17) is 5.73 Å². The lowest BCUT2D eigenvalue weighted by atomic mass is 10.0. The smallest absolute Gasteiger partial charge is 0.312 e. The van der Waals surface area contributed by atoms with E-state index in [0.717, 1.165) is 0 Å². The predicted octanol–water partition coefficient (Wildman–Crippen LogP) is 0.215. The van der Waals surface area contributed by atoms with Gasteiger partial charge in [-0.3, -0.25) is 24.1 Å². The Balaban J connectivity index is 2.37. The fraction of sp³-hybridized carbons (Fsp3) is 0.727. The Morgan fingerprint density at radius 2 is 1.82 bits per heavy atom. The van der Waals surface area contributed by atoms with E-state index >= 15 is 0 Å². The third-order valence-electron chi connectivity index (χ3n) is 5.50. The number of primary amides is 1. The van der Waals surface area contributed by atoms with E-state index in [1.54, 1.807) is 20.8 Å². The molecule has 0 saturated carbocycles. The van der Waals surface area contributed by atoms with Crippen LogP contribution in [-0.4, -0.2) is 66.0 Å². The molecule has 0 spiro atoms. The van der Waals surface area contributed by atoms with Gasteiger partial charge in [0.25, 0.3) is 0 Å². The molecule has 1 aliphatic rings. The summed E-state index contributed by atoms with van der Waals surface area (Å²) in [5.74, 6) is -1.45. The molecule has 33 heavy (non-hydrogen) atoms. The van der Waals surface area contributed by atoms with Crippen LogP contribution in [0.2, 0.25) is 0 Å². The lowest BCUT2D eigenvalue weighted by molar-refractivity contribution is -0.139. The molecule has 1 aliphatic heterocycles. The van der Waals surface area contributed by atoms with Crippen molar-refractivity contribution in [3.63, 3.8) is 0 Å². The molecule has 11 nitrogen and oxygen atoms in total. The number of unbranched alkanes of at least 4 members (excludes halogenated alkanes) is 2. The van der Waals surface area contributed by atoms with Crippen molar-refractivity contribution >= 4 is 35.9 Å². The zero-order chi connectivity index (χ0) is 25.0. The second kappa shape index (κ2) is 14.2. The molecular formula is C22H37N5O6. The van der Waals surface area contributed by atoms with Crippen molar-refractivity contribution in [1.29, 1.82) is 0 Å². The fourth-order valence-electron chi connectivity index (χ4n) is 3.58. The number of hydrogen-bond donors (Lipinski definition) is 4. The number of rotatable bonds is 15. The second-order valence-corrected chi connectivity index (χ2v) is 8.77. The Hall–Kier alpha value is -2.98. The predicted molar refractivity (Wildman–Crippen MR) is 121 cm³/mol. The van der Waals surface area contributed by atoms with Crippen molar-refractivity contribution in [3.05, 3.63) is 0 Å².